The number of aliphatic carboxylic acids is 1. The lowest BCUT2D eigenvalue weighted by Gasteiger charge is -2.43. The van der Waals surface area contributed by atoms with Gasteiger partial charge >= 0.3 is 5.97 Å². The molecule has 2 heterocycles. The fourth-order valence-electron chi connectivity index (χ4n) is 3.83. The molecule has 0 bridgehead atoms. The number of piperidine rings is 1. The van der Waals surface area contributed by atoms with Crippen molar-refractivity contribution in [2.45, 2.75) is 38.6 Å². The van der Waals surface area contributed by atoms with Crippen LogP contribution in [0.3, 0.4) is 0 Å². The van der Waals surface area contributed by atoms with Gasteiger partial charge in [0.25, 0.3) is 11.5 Å². The van der Waals surface area contributed by atoms with Crippen molar-refractivity contribution in [3.63, 3.8) is 0 Å². The van der Waals surface area contributed by atoms with Gasteiger partial charge in [-0.25, -0.2) is 0 Å². The normalized spacial score (nSPS) is 23.4. The lowest BCUT2D eigenvalue weighted by atomic mass is 9.71. The third-order valence-electron chi connectivity index (χ3n) is 5.06. The molecule has 6 heteroatoms. The van der Waals surface area contributed by atoms with Crippen LogP contribution in [0.1, 0.15) is 42.5 Å². The van der Waals surface area contributed by atoms with Crippen molar-refractivity contribution >= 4 is 11.9 Å². The van der Waals surface area contributed by atoms with Gasteiger partial charge in [-0.3, -0.25) is 14.4 Å². The predicted molar refractivity (Wildman–Crippen MR) is 88.9 cm³/mol. The Kier molecular flexibility index (Phi) is 4.55. The maximum absolute atomic E-state index is 12.8. The van der Waals surface area contributed by atoms with E-state index in [2.05, 4.69) is 12.2 Å². The summed E-state index contributed by atoms with van der Waals surface area (Å²) in [5.74, 6) is -1.39. The number of allylic oxidation sites excluding steroid dienone is 2. The van der Waals surface area contributed by atoms with Crippen LogP contribution in [-0.2, 0) is 11.3 Å². The van der Waals surface area contributed by atoms with E-state index in [1.54, 1.807) is 11.0 Å². The summed E-state index contributed by atoms with van der Waals surface area (Å²) < 4.78 is 1.07. The van der Waals surface area contributed by atoms with Gasteiger partial charge in [0, 0.05) is 19.3 Å². The number of nitrogens with zero attached hydrogens (tertiary/aromatic N) is 2. The van der Waals surface area contributed by atoms with Gasteiger partial charge in [0.05, 0.1) is 0 Å². The summed E-state index contributed by atoms with van der Waals surface area (Å²) >= 11 is 0. The van der Waals surface area contributed by atoms with Gasteiger partial charge in [-0.15, -0.1) is 0 Å². The molecular formula is C18H22N2O4. The number of carbonyl (C=O) groups excluding carboxylic acids is 1. The summed E-state index contributed by atoms with van der Waals surface area (Å²) in [6, 6.07) is 3.05. The van der Waals surface area contributed by atoms with Crippen molar-refractivity contribution in [2.75, 3.05) is 13.1 Å². The fraction of sp³-hybridized carbons (Fsp3) is 0.500. The van der Waals surface area contributed by atoms with Crippen LogP contribution in [0.5, 0.6) is 0 Å². The van der Waals surface area contributed by atoms with Crippen molar-refractivity contribution in [3.8, 4) is 0 Å². The smallest absolute Gasteiger partial charge is 0.323 e. The third kappa shape index (κ3) is 3.27. The molecule has 3 rings (SSSR count). The minimum absolute atomic E-state index is 0.0575. The third-order valence-corrected chi connectivity index (χ3v) is 5.06. The first kappa shape index (κ1) is 16.5. The molecular weight excluding hydrogens is 308 g/mol. The summed E-state index contributed by atoms with van der Waals surface area (Å²) in [4.78, 5) is 37.8. The van der Waals surface area contributed by atoms with E-state index in [1.165, 1.54) is 12.3 Å². The molecule has 1 N–H and O–H groups in total. The molecule has 1 fully saturated rings. The van der Waals surface area contributed by atoms with Crippen LogP contribution < -0.4 is 5.56 Å². The van der Waals surface area contributed by atoms with E-state index < -0.39 is 18.1 Å². The summed E-state index contributed by atoms with van der Waals surface area (Å²) in [5, 5.41) is 8.87. The van der Waals surface area contributed by atoms with Crippen LogP contribution in [0, 0.1) is 5.41 Å². The van der Waals surface area contributed by atoms with Gasteiger partial charge in [0.15, 0.2) is 0 Å². The van der Waals surface area contributed by atoms with Crippen molar-refractivity contribution in [1.82, 2.24) is 9.47 Å². The van der Waals surface area contributed by atoms with E-state index in [1.807, 2.05) is 0 Å². The average Bonchev–Trinajstić information content (AvgIpc) is 2.56. The number of pyridine rings is 1. The van der Waals surface area contributed by atoms with Crippen molar-refractivity contribution in [3.05, 3.63) is 46.4 Å². The molecule has 0 radical (unpaired) electrons. The summed E-state index contributed by atoms with van der Waals surface area (Å²) in [5.41, 5.74) is -0.340. The highest BCUT2D eigenvalue weighted by Gasteiger charge is 2.37. The number of aromatic nitrogens is 1. The Bertz CT molecular complexity index is 737. The second-order valence-electron chi connectivity index (χ2n) is 6.79. The molecule has 2 aliphatic rings. The lowest BCUT2D eigenvalue weighted by molar-refractivity contribution is -0.137. The molecule has 1 aromatic rings. The zero-order valence-electron chi connectivity index (χ0n) is 13.6. The molecule has 1 saturated heterocycles. The number of hydrogen-bond donors (Lipinski definition) is 1. The summed E-state index contributed by atoms with van der Waals surface area (Å²) in [6.45, 7) is 0.885. The molecule has 1 aromatic heterocycles. The number of carboxylic acid groups (broad SMARTS) is 1. The Labute approximate surface area is 140 Å². The van der Waals surface area contributed by atoms with E-state index in [0.29, 0.717) is 13.1 Å². The van der Waals surface area contributed by atoms with Crippen LogP contribution in [0.25, 0.3) is 0 Å². The van der Waals surface area contributed by atoms with Crippen LogP contribution in [0.2, 0.25) is 0 Å². The zero-order chi connectivity index (χ0) is 17.2. The molecule has 1 atom stereocenters. The van der Waals surface area contributed by atoms with E-state index in [-0.39, 0.29) is 16.9 Å². The Balaban J connectivity index is 1.82. The minimum atomic E-state index is -1.10. The first-order valence-electron chi connectivity index (χ1n) is 8.36. The van der Waals surface area contributed by atoms with E-state index in [4.69, 9.17) is 5.11 Å². The number of hydrogen-bond acceptors (Lipinski definition) is 3. The number of carboxylic acids is 1. The topological polar surface area (TPSA) is 79.6 Å². The molecule has 1 spiro atoms. The Morgan fingerprint density at radius 2 is 2.08 bits per heavy atom. The molecule has 128 valence electrons. The van der Waals surface area contributed by atoms with Gasteiger partial charge in [-0.2, -0.15) is 0 Å². The Morgan fingerprint density at radius 3 is 2.79 bits per heavy atom. The molecule has 1 aliphatic carbocycles. The number of amides is 1. The maximum Gasteiger partial charge on any atom is 0.323 e. The first-order chi connectivity index (χ1) is 11.5. The van der Waals surface area contributed by atoms with Crippen LogP contribution in [0.4, 0.5) is 0 Å². The molecule has 0 saturated carbocycles. The SMILES string of the molecule is O=C(O)Cn1cccc(C(=O)N2CCCC3(CC=CCC3)C2)c1=O. The van der Waals surface area contributed by atoms with E-state index in [0.717, 1.165) is 36.7 Å². The Hall–Kier alpha value is -2.37. The van der Waals surface area contributed by atoms with Gasteiger partial charge in [-0.05, 0) is 49.7 Å². The molecule has 0 aromatic carbocycles. The number of carbonyl (C=O) groups is 2. The monoisotopic (exact) mass is 330 g/mol. The first-order valence-corrected chi connectivity index (χ1v) is 8.36. The highest BCUT2D eigenvalue weighted by Crippen LogP contribution is 2.40. The average molecular weight is 330 g/mol. The van der Waals surface area contributed by atoms with E-state index in [9.17, 15) is 14.4 Å². The molecule has 1 aliphatic heterocycles. The van der Waals surface area contributed by atoms with Gasteiger partial charge in [0.2, 0.25) is 0 Å². The van der Waals surface area contributed by atoms with Crippen LogP contribution in [0.15, 0.2) is 35.3 Å². The van der Waals surface area contributed by atoms with Crippen LogP contribution in [-0.4, -0.2) is 39.5 Å². The van der Waals surface area contributed by atoms with Gasteiger partial charge in [-0.1, -0.05) is 12.2 Å². The molecule has 1 amide bonds. The Morgan fingerprint density at radius 1 is 1.25 bits per heavy atom. The minimum Gasteiger partial charge on any atom is -0.480 e. The van der Waals surface area contributed by atoms with Crippen LogP contribution >= 0.6 is 0 Å². The highest BCUT2D eigenvalue weighted by atomic mass is 16.4. The second kappa shape index (κ2) is 6.63. The summed E-state index contributed by atoms with van der Waals surface area (Å²) in [6.07, 6.45) is 10.9. The molecule has 6 nitrogen and oxygen atoms in total. The standard InChI is InChI=1S/C18H22N2O4/c21-15(22)12-19-10-4-6-14(16(19)23)17(24)20-11-5-9-18(13-20)7-2-1-3-8-18/h1-2,4,6,10H,3,5,7-9,11-13H2,(H,21,22). The lowest BCUT2D eigenvalue weighted by Crippen LogP contribution is -2.47. The van der Waals surface area contributed by atoms with Crippen molar-refractivity contribution < 1.29 is 14.7 Å². The highest BCUT2D eigenvalue weighted by molar-refractivity contribution is 5.94. The number of likely N-dealkylation sites (tertiary alicyclic amines) is 1. The second-order valence-corrected chi connectivity index (χ2v) is 6.79. The fourth-order valence-corrected chi connectivity index (χ4v) is 3.83. The summed E-state index contributed by atoms with van der Waals surface area (Å²) in [7, 11) is 0. The van der Waals surface area contributed by atoms with Crippen molar-refractivity contribution in [2.24, 2.45) is 5.41 Å². The molecule has 1 unspecified atom stereocenters. The quantitative estimate of drug-likeness (QED) is 0.859. The maximum atomic E-state index is 12.8. The molecule has 24 heavy (non-hydrogen) atoms. The largest absolute Gasteiger partial charge is 0.480 e. The number of rotatable bonds is 3. The van der Waals surface area contributed by atoms with Crippen molar-refractivity contribution in [1.29, 1.82) is 0 Å². The van der Waals surface area contributed by atoms with E-state index >= 15 is 0 Å². The zero-order valence-corrected chi connectivity index (χ0v) is 13.6. The van der Waals surface area contributed by atoms with Gasteiger partial charge in [0.1, 0.15) is 12.1 Å². The van der Waals surface area contributed by atoms with Gasteiger partial charge < -0.3 is 14.6 Å². The predicted octanol–water partition coefficient (Wildman–Crippen LogP) is 1.90.